The average Bonchev–Trinajstić information content (AvgIpc) is 2.35. The third kappa shape index (κ3) is 4.05. The molecule has 0 aliphatic rings. The smallest absolute Gasteiger partial charge is 0.191 e. The first kappa shape index (κ1) is 14.1. The molecule has 0 spiro atoms. The fourth-order valence-corrected chi connectivity index (χ4v) is 1.77. The van der Waals surface area contributed by atoms with Crippen molar-refractivity contribution in [3.63, 3.8) is 0 Å². The minimum absolute atomic E-state index is 0.434. The summed E-state index contributed by atoms with van der Waals surface area (Å²) in [6.45, 7) is 4.39. The maximum atomic E-state index is 10.1. The lowest BCUT2D eigenvalue weighted by Crippen LogP contribution is -2.35. The van der Waals surface area contributed by atoms with Crippen LogP contribution in [0.2, 0.25) is 0 Å². The molecule has 0 aliphatic carbocycles. The van der Waals surface area contributed by atoms with Gasteiger partial charge in [-0.1, -0.05) is 25.6 Å². The molecular formula is C11H20N4OS. The molecule has 6 heteroatoms. The Hall–Kier alpha value is -1.01. The molecule has 0 radical (unpaired) electrons. The summed E-state index contributed by atoms with van der Waals surface area (Å²) < 4.78 is 0. The number of hydrogen-bond donors (Lipinski definition) is 3. The standard InChI is InChI=1S/C11H20N4OS/c1-4-11(16,5-2)7-13-9-6-8(12)14-10(15-9)17-3/h6,16H,4-5,7H2,1-3H3,(H3,12,13,14,15). The van der Waals surface area contributed by atoms with Crippen molar-refractivity contribution in [1.29, 1.82) is 0 Å². The quantitative estimate of drug-likeness (QED) is 0.531. The predicted octanol–water partition coefficient (Wildman–Crippen LogP) is 1.74. The van der Waals surface area contributed by atoms with E-state index in [1.165, 1.54) is 11.8 Å². The number of hydrogen-bond acceptors (Lipinski definition) is 6. The van der Waals surface area contributed by atoms with Crippen LogP contribution in [0.25, 0.3) is 0 Å². The van der Waals surface area contributed by atoms with Crippen molar-refractivity contribution in [1.82, 2.24) is 9.97 Å². The summed E-state index contributed by atoms with van der Waals surface area (Å²) in [4.78, 5) is 8.34. The van der Waals surface area contributed by atoms with Crippen LogP contribution in [-0.4, -0.2) is 33.5 Å². The summed E-state index contributed by atoms with van der Waals surface area (Å²) in [6, 6.07) is 1.67. The van der Waals surface area contributed by atoms with Gasteiger partial charge in [0, 0.05) is 12.6 Å². The lowest BCUT2D eigenvalue weighted by Gasteiger charge is -2.25. The molecular weight excluding hydrogens is 236 g/mol. The van der Waals surface area contributed by atoms with Gasteiger partial charge in [0.1, 0.15) is 11.6 Å². The van der Waals surface area contributed by atoms with Crippen LogP contribution in [0.4, 0.5) is 11.6 Å². The summed E-state index contributed by atoms with van der Waals surface area (Å²) >= 11 is 1.44. The van der Waals surface area contributed by atoms with Gasteiger partial charge in [-0.3, -0.25) is 0 Å². The van der Waals surface area contributed by atoms with E-state index in [1.807, 2.05) is 20.1 Å². The summed E-state index contributed by atoms with van der Waals surface area (Å²) in [7, 11) is 0. The Balaban J connectivity index is 2.72. The summed E-state index contributed by atoms with van der Waals surface area (Å²) in [5.41, 5.74) is 4.98. The monoisotopic (exact) mass is 256 g/mol. The molecule has 96 valence electrons. The topological polar surface area (TPSA) is 84.1 Å². The van der Waals surface area contributed by atoms with E-state index in [9.17, 15) is 5.11 Å². The molecule has 0 atom stereocenters. The molecule has 0 fully saturated rings. The first-order valence-corrected chi connectivity index (χ1v) is 6.90. The zero-order chi connectivity index (χ0) is 12.9. The number of nitrogens with two attached hydrogens (primary N) is 1. The molecule has 1 rings (SSSR count). The summed E-state index contributed by atoms with van der Waals surface area (Å²) in [5.74, 6) is 1.09. The summed E-state index contributed by atoms with van der Waals surface area (Å²) in [5, 5.41) is 13.9. The number of anilines is 2. The lowest BCUT2D eigenvalue weighted by atomic mass is 9.98. The van der Waals surface area contributed by atoms with Gasteiger partial charge in [0.15, 0.2) is 5.16 Å². The van der Waals surface area contributed by atoms with Gasteiger partial charge in [-0.15, -0.1) is 0 Å². The van der Waals surface area contributed by atoms with Crippen LogP contribution in [-0.2, 0) is 0 Å². The predicted molar refractivity (Wildman–Crippen MR) is 72.2 cm³/mol. The number of nitrogen functional groups attached to an aromatic ring is 1. The third-order valence-corrected chi connectivity index (χ3v) is 3.37. The van der Waals surface area contributed by atoms with Crippen LogP contribution in [0, 0.1) is 0 Å². The van der Waals surface area contributed by atoms with Crippen molar-refractivity contribution < 1.29 is 5.11 Å². The first-order valence-electron chi connectivity index (χ1n) is 5.67. The Morgan fingerprint density at radius 2 is 2.06 bits per heavy atom. The lowest BCUT2D eigenvalue weighted by molar-refractivity contribution is 0.0456. The molecule has 0 saturated heterocycles. The molecule has 4 N–H and O–H groups in total. The van der Waals surface area contributed by atoms with Crippen molar-refractivity contribution in [3.05, 3.63) is 6.07 Å². The van der Waals surface area contributed by atoms with E-state index in [0.717, 1.165) is 0 Å². The number of nitrogens with zero attached hydrogens (tertiary/aromatic N) is 2. The minimum Gasteiger partial charge on any atom is -0.388 e. The first-order chi connectivity index (χ1) is 8.03. The zero-order valence-corrected chi connectivity index (χ0v) is 11.3. The second kappa shape index (κ2) is 6.07. The average molecular weight is 256 g/mol. The fourth-order valence-electron chi connectivity index (χ4n) is 1.38. The largest absolute Gasteiger partial charge is 0.388 e. The molecule has 0 aliphatic heterocycles. The highest BCUT2D eigenvalue weighted by atomic mass is 32.2. The van der Waals surface area contributed by atoms with Crippen LogP contribution in [0.3, 0.4) is 0 Å². The Kier molecular flexibility index (Phi) is 5.02. The normalized spacial score (nSPS) is 11.5. The van der Waals surface area contributed by atoms with Crippen LogP contribution >= 0.6 is 11.8 Å². The number of rotatable bonds is 6. The summed E-state index contributed by atoms with van der Waals surface area (Å²) in [6.07, 6.45) is 3.30. The second-order valence-electron chi connectivity index (χ2n) is 3.95. The highest BCUT2D eigenvalue weighted by molar-refractivity contribution is 7.98. The van der Waals surface area contributed by atoms with Gasteiger partial charge in [0.2, 0.25) is 0 Å². The van der Waals surface area contributed by atoms with Gasteiger partial charge in [0.25, 0.3) is 0 Å². The maximum absolute atomic E-state index is 10.1. The van der Waals surface area contributed by atoms with Crippen molar-refractivity contribution in [2.24, 2.45) is 0 Å². The van der Waals surface area contributed by atoms with Gasteiger partial charge < -0.3 is 16.2 Å². The SMILES string of the molecule is CCC(O)(CC)CNc1cc(N)nc(SC)n1. The van der Waals surface area contributed by atoms with Crippen LogP contribution in [0.15, 0.2) is 11.2 Å². The Labute approximate surface area is 106 Å². The van der Waals surface area contributed by atoms with Gasteiger partial charge in [0.05, 0.1) is 5.60 Å². The number of aliphatic hydroxyl groups is 1. The third-order valence-electron chi connectivity index (χ3n) is 2.82. The molecule has 1 aromatic heterocycles. The Bertz CT molecular complexity index is 368. The van der Waals surface area contributed by atoms with Gasteiger partial charge in [-0.2, -0.15) is 0 Å². The Morgan fingerprint density at radius 1 is 1.41 bits per heavy atom. The van der Waals surface area contributed by atoms with E-state index in [2.05, 4.69) is 15.3 Å². The van der Waals surface area contributed by atoms with Crippen molar-refractivity contribution in [3.8, 4) is 0 Å². The molecule has 1 heterocycles. The molecule has 0 amide bonds. The number of aromatic nitrogens is 2. The van der Waals surface area contributed by atoms with Crippen LogP contribution < -0.4 is 11.1 Å². The highest BCUT2D eigenvalue weighted by Gasteiger charge is 2.21. The zero-order valence-electron chi connectivity index (χ0n) is 10.5. The van der Waals surface area contributed by atoms with Crippen molar-refractivity contribution in [2.75, 3.05) is 23.9 Å². The van der Waals surface area contributed by atoms with Gasteiger partial charge in [-0.25, -0.2) is 9.97 Å². The van der Waals surface area contributed by atoms with E-state index in [0.29, 0.717) is 36.2 Å². The molecule has 1 aromatic rings. The van der Waals surface area contributed by atoms with Crippen LogP contribution in [0.5, 0.6) is 0 Å². The second-order valence-corrected chi connectivity index (χ2v) is 4.72. The number of thioether (sulfide) groups is 1. The van der Waals surface area contributed by atoms with Crippen molar-refractivity contribution in [2.45, 2.75) is 37.4 Å². The van der Waals surface area contributed by atoms with Crippen LogP contribution in [0.1, 0.15) is 26.7 Å². The maximum Gasteiger partial charge on any atom is 0.191 e. The van der Waals surface area contributed by atoms with E-state index in [1.54, 1.807) is 6.07 Å². The molecule has 0 saturated carbocycles. The van der Waals surface area contributed by atoms with Crippen molar-refractivity contribution >= 4 is 23.4 Å². The Morgan fingerprint density at radius 3 is 2.59 bits per heavy atom. The van der Waals surface area contributed by atoms with Gasteiger partial charge >= 0.3 is 0 Å². The highest BCUT2D eigenvalue weighted by Crippen LogP contribution is 2.18. The molecule has 0 aromatic carbocycles. The van der Waals surface area contributed by atoms with E-state index < -0.39 is 5.60 Å². The molecule has 0 unspecified atom stereocenters. The van der Waals surface area contributed by atoms with Gasteiger partial charge in [-0.05, 0) is 19.1 Å². The van der Waals surface area contributed by atoms with E-state index in [4.69, 9.17) is 5.73 Å². The van der Waals surface area contributed by atoms with E-state index >= 15 is 0 Å². The number of nitrogens with one attached hydrogen (secondary N) is 1. The minimum atomic E-state index is -0.695. The molecule has 0 bridgehead atoms. The molecule has 5 nitrogen and oxygen atoms in total. The fraction of sp³-hybridized carbons (Fsp3) is 0.636. The molecule has 17 heavy (non-hydrogen) atoms. The van der Waals surface area contributed by atoms with E-state index in [-0.39, 0.29) is 0 Å².